The Kier molecular flexibility index (Phi) is 10.2. The van der Waals surface area contributed by atoms with Gasteiger partial charge in [0.1, 0.15) is 0 Å². The number of ether oxygens (including phenoxy) is 6. The monoisotopic (exact) mass is 550 g/mol. The molecular formula is C29H34N4O7. The third-order valence-corrected chi connectivity index (χ3v) is 5.97. The zero-order valence-electron chi connectivity index (χ0n) is 23.9. The molecule has 11 nitrogen and oxygen atoms in total. The fourth-order valence-electron chi connectivity index (χ4n) is 3.79. The highest BCUT2D eigenvalue weighted by atomic mass is 16.5. The van der Waals surface area contributed by atoms with Crippen molar-refractivity contribution in [3.8, 4) is 34.5 Å². The molecule has 0 aliphatic rings. The van der Waals surface area contributed by atoms with Gasteiger partial charge in [-0.3, -0.25) is 10.2 Å². The van der Waals surface area contributed by atoms with Gasteiger partial charge in [-0.05, 0) is 56.3 Å². The van der Waals surface area contributed by atoms with Gasteiger partial charge in [0.2, 0.25) is 11.5 Å². The summed E-state index contributed by atoms with van der Waals surface area (Å²) >= 11 is 0. The molecule has 0 saturated carbocycles. The molecular weight excluding hydrogens is 516 g/mol. The Balaban J connectivity index is 1.76. The Morgan fingerprint density at radius 2 is 1.05 bits per heavy atom. The number of hydrogen-bond donors (Lipinski definition) is 2. The van der Waals surface area contributed by atoms with Crippen LogP contribution in [0.5, 0.6) is 34.5 Å². The van der Waals surface area contributed by atoms with Gasteiger partial charge in [-0.1, -0.05) is 6.07 Å². The molecule has 3 rings (SSSR count). The maximum atomic E-state index is 12.8. The largest absolute Gasteiger partial charge is 0.493 e. The van der Waals surface area contributed by atoms with E-state index in [4.69, 9.17) is 28.4 Å². The number of carbonyl (C=O) groups is 1. The number of methoxy groups -OCH3 is 6. The van der Waals surface area contributed by atoms with E-state index in [2.05, 4.69) is 21.1 Å². The summed E-state index contributed by atoms with van der Waals surface area (Å²) in [6.45, 7) is 3.60. The number of hydrogen-bond acceptors (Lipinski definition) is 10. The lowest BCUT2D eigenvalue weighted by molar-refractivity contribution is 0.0955. The molecule has 0 fully saturated rings. The molecule has 0 radical (unpaired) electrons. The van der Waals surface area contributed by atoms with Gasteiger partial charge in [0.25, 0.3) is 5.91 Å². The lowest BCUT2D eigenvalue weighted by atomic mass is 10.1. The fraction of sp³-hybridized carbons (Fsp3) is 0.276. The van der Waals surface area contributed by atoms with Crippen molar-refractivity contribution in [3.05, 3.63) is 65.2 Å². The van der Waals surface area contributed by atoms with Gasteiger partial charge in [0, 0.05) is 16.7 Å². The smallest absolute Gasteiger partial charge is 0.271 e. The van der Waals surface area contributed by atoms with E-state index in [-0.39, 0.29) is 5.91 Å². The molecule has 1 amide bonds. The summed E-state index contributed by atoms with van der Waals surface area (Å²) in [5.74, 6) is 2.59. The van der Waals surface area contributed by atoms with Crippen LogP contribution in [-0.4, -0.2) is 60.0 Å². The van der Waals surface area contributed by atoms with Gasteiger partial charge in [0.15, 0.2) is 23.0 Å². The lowest BCUT2D eigenvalue weighted by Gasteiger charge is -2.14. The van der Waals surface area contributed by atoms with Gasteiger partial charge in [-0.25, -0.2) is 5.43 Å². The molecule has 40 heavy (non-hydrogen) atoms. The van der Waals surface area contributed by atoms with Gasteiger partial charge in [-0.2, -0.15) is 10.2 Å². The third kappa shape index (κ3) is 6.73. The minimum Gasteiger partial charge on any atom is -0.493 e. The first kappa shape index (κ1) is 29.6. The number of hydrazone groups is 2. The first-order valence-electron chi connectivity index (χ1n) is 12.2. The molecule has 3 aromatic carbocycles. The van der Waals surface area contributed by atoms with Crippen LogP contribution in [0, 0.1) is 0 Å². The quantitative estimate of drug-likeness (QED) is 0.245. The molecule has 0 aliphatic carbocycles. The Hall–Kier alpha value is -4.93. The summed E-state index contributed by atoms with van der Waals surface area (Å²) < 4.78 is 32.4. The minimum atomic E-state index is -0.388. The van der Waals surface area contributed by atoms with Gasteiger partial charge in [0.05, 0.1) is 59.8 Å². The van der Waals surface area contributed by atoms with Crippen LogP contribution < -0.4 is 39.3 Å². The number of rotatable bonds is 12. The van der Waals surface area contributed by atoms with Crippen LogP contribution in [0.4, 0.5) is 5.69 Å². The van der Waals surface area contributed by atoms with Crippen molar-refractivity contribution in [3.63, 3.8) is 0 Å². The molecule has 0 saturated heterocycles. The van der Waals surface area contributed by atoms with Crippen LogP contribution in [-0.2, 0) is 0 Å². The molecule has 0 bridgehead atoms. The molecule has 0 unspecified atom stereocenters. The average molecular weight is 551 g/mol. The van der Waals surface area contributed by atoms with E-state index in [9.17, 15) is 4.79 Å². The molecule has 3 aromatic rings. The predicted molar refractivity (Wildman–Crippen MR) is 154 cm³/mol. The highest BCUT2D eigenvalue weighted by Gasteiger charge is 2.16. The van der Waals surface area contributed by atoms with Crippen LogP contribution in [0.3, 0.4) is 0 Å². The highest BCUT2D eigenvalue weighted by Crippen LogP contribution is 2.39. The zero-order chi connectivity index (χ0) is 29.2. The number of amides is 1. The average Bonchev–Trinajstić information content (AvgIpc) is 3.00. The predicted octanol–water partition coefficient (Wildman–Crippen LogP) is 4.73. The van der Waals surface area contributed by atoms with Crippen molar-refractivity contribution in [2.75, 3.05) is 48.1 Å². The van der Waals surface area contributed by atoms with E-state index in [1.807, 2.05) is 6.92 Å². The molecule has 0 aromatic heterocycles. The van der Waals surface area contributed by atoms with E-state index in [1.54, 1.807) is 76.8 Å². The second kappa shape index (κ2) is 13.7. The summed E-state index contributed by atoms with van der Waals surface area (Å²) in [4.78, 5) is 12.8. The van der Waals surface area contributed by atoms with Crippen molar-refractivity contribution in [1.82, 2.24) is 5.43 Å². The number of carbonyl (C=O) groups excluding carboxylic acids is 1. The van der Waals surface area contributed by atoms with E-state index in [0.29, 0.717) is 62.7 Å². The van der Waals surface area contributed by atoms with Gasteiger partial charge in [-0.15, -0.1) is 0 Å². The fourth-order valence-corrected chi connectivity index (χ4v) is 3.79. The second-order valence-corrected chi connectivity index (χ2v) is 8.36. The second-order valence-electron chi connectivity index (χ2n) is 8.36. The number of nitrogens with zero attached hydrogens (tertiary/aromatic N) is 2. The van der Waals surface area contributed by atoms with E-state index >= 15 is 0 Å². The molecule has 0 aliphatic heterocycles. The van der Waals surface area contributed by atoms with E-state index in [1.165, 1.54) is 21.3 Å². The van der Waals surface area contributed by atoms with Crippen molar-refractivity contribution in [2.45, 2.75) is 13.8 Å². The first-order valence-corrected chi connectivity index (χ1v) is 12.2. The summed E-state index contributed by atoms with van der Waals surface area (Å²) in [6, 6.07) is 14.0. The van der Waals surface area contributed by atoms with Crippen molar-refractivity contribution < 1.29 is 33.2 Å². The minimum absolute atomic E-state index is 0.388. The van der Waals surface area contributed by atoms with Crippen LogP contribution >= 0.6 is 0 Å². The molecule has 0 heterocycles. The molecule has 212 valence electrons. The lowest BCUT2D eigenvalue weighted by Crippen LogP contribution is -2.19. The molecule has 2 N–H and O–H groups in total. The van der Waals surface area contributed by atoms with Gasteiger partial charge < -0.3 is 28.4 Å². The molecule has 11 heteroatoms. The SMILES string of the molecule is COc1cc(/C(C)=N/NC(=O)c2cccc(N/N=C(\C)c3cc(OC)c(OC)c(OC)c3)c2)cc(OC)c1OC. The highest BCUT2D eigenvalue weighted by molar-refractivity contribution is 6.02. The first-order chi connectivity index (χ1) is 19.3. The number of benzene rings is 3. The van der Waals surface area contributed by atoms with Crippen molar-refractivity contribution in [2.24, 2.45) is 10.2 Å². The molecule has 0 spiro atoms. The van der Waals surface area contributed by atoms with Crippen LogP contribution in [0.1, 0.15) is 35.3 Å². The summed E-state index contributed by atoms with van der Waals surface area (Å²) in [7, 11) is 9.26. The van der Waals surface area contributed by atoms with Crippen molar-refractivity contribution >= 4 is 23.0 Å². The van der Waals surface area contributed by atoms with Crippen LogP contribution in [0.2, 0.25) is 0 Å². The molecule has 0 atom stereocenters. The summed E-state index contributed by atoms with van der Waals surface area (Å²) in [5, 5.41) is 8.70. The zero-order valence-corrected chi connectivity index (χ0v) is 23.9. The van der Waals surface area contributed by atoms with E-state index < -0.39 is 0 Å². The topological polar surface area (TPSA) is 121 Å². The number of anilines is 1. The Labute approximate surface area is 233 Å². The Morgan fingerprint density at radius 3 is 1.48 bits per heavy atom. The maximum Gasteiger partial charge on any atom is 0.271 e. The van der Waals surface area contributed by atoms with Crippen molar-refractivity contribution in [1.29, 1.82) is 0 Å². The number of nitrogens with one attached hydrogen (secondary N) is 2. The Morgan fingerprint density at radius 1 is 0.600 bits per heavy atom. The summed E-state index contributed by atoms with van der Waals surface area (Å²) in [6.07, 6.45) is 0. The third-order valence-electron chi connectivity index (χ3n) is 5.97. The van der Waals surface area contributed by atoms with E-state index in [0.717, 1.165) is 5.56 Å². The normalized spacial score (nSPS) is 11.4. The van der Waals surface area contributed by atoms with Gasteiger partial charge >= 0.3 is 0 Å². The summed E-state index contributed by atoms with van der Waals surface area (Å²) in [5.41, 5.74) is 9.27. The standard InChI is InChI=1S/C29H34N4O7/c1-17(20-13-23(35-3)27(39-7)24(14-20)36-4)30-32-22-11-9-10-19(12-22)29(34)33-31-18(2)21-15-25(37-5)28(40-8)26(16-21)38-6/h9-16,32H,1-8H3,(H,33,34)/b30-17+,31-18+. The Bertz CT molecular complexity index is 1370. The van der Waals surface area contributed by atoms with Crippen LogP contribution in [0.15, 0.2) is 58.7 Å². The maximum absolute atomic E-state index is 12.8. The van der Waals surface area contributed by atoms with Crippen LogP contribution in [0.25, 0.3) is 0 Å².